The van der Waals surface area contributed by atoms with Gasteiger partial charge in [0.2, 0.25) is 0 Å². The molecule has 3 nitrogen and oxygen atoms in total. The number of hydrogen-bond acceptors (Lipinski definition) is 3. The molecule has 101 valence electrons. The molecule has 5 heteroatoms. The molecule has 0 atom stereocenters. The Hall–Kier alpha value is -1.46. The Morgan fingerprint density at radius 2 is 2.00 bits per heavy atom. The van der Waals surface area contributed by atoms with E-state index in [4.69, 9.17) is 0 Å². The SMILES string of the molecule is [CH2]c1cc(CNCS(C)(=O)=O)cc2c(F)cccc12. The van der Waals surface area contributed by atoms with Crippen LogP contribution in [0.2, 0.25) is 0 Å². The number of hydrogen-bond donors (Lipinski definition) is 1. The van der Waals surface area contributed by atoms with Gasteiger partial charge >= 0.3 is 0 Å². The Bertz CT molecular complexity index is 711. The van der Waals surface area contributed by atoms with Gasteiger partial charge in [-0.3, -0.25) is 5.32 Å². The molecule has 0 spiro atoms. The van der Waals surface area contributed by atoms with Crippen LogP contribution in [0.5, 0.6) is 0 Å². The normalized spacial score (nSPS) is 11.9. The lowest BCUT2D eigenvalue weighted by molar-refractivity contribution is 0.592. The lowest BCUT2D eigenvalue weighted by Crippen LogP contribution is -2.21. The summed E-state index contributed by atoms with van der Waals surface area (Å²) in [6.45, 7) is 4.26. The highest BCUT2D eigenvalue weighted by Crippen LogP contribution is 2.23. The van der Waals surface area contributed by atoms with Gasteiger partial charge in [0.15, 0.2) is 9.84 Å². The van der Waals surface area contributed by atoms with Crippen LogP contribution in [0.3, 0.4) is 0 Å². The van der Waals surface area contributed by atoms with Crippen molar-refractivity contribution in [2.75, 3.05) is 12.1 Å². The third-order valence-electron chi connectivity index (χ3n) is 2.78. The van der Waals surface area contributed by atoms with E-state index in [1.54, 1.807) is 12.1 Å². The summed E-state index contributed by atoms with van der Waals surface area (Å²) in [5.41, 5.74) is 1.54. The molecule has 0 aliphatic heterocycles. The first kappa shape index (κ1) is 14.0. The maximum Gasteiger partial charge on any atom is 0.160 e. The molecule has 1 N–H and O–H groups in total. The minimum Gasteiger partial charge on any atom is -0.300 e. The molecule has 0 saturated carbocycles. The van der Waals surface area contributed by atoms with Gasteiger partial charge in [-0.15, -0.1) is 0 Å². The van der Waals surface area contributed by atoms with Crippen LogP contribution in [0.15, 0.2) is 30.3 Å². The first-order valence-corrected chi connectivity index (χ1v) is 7.84. The van der Waals surface area contributed by atoms with Gasteiger partial charge in [0.25, 0.3) is 0 Å². The van der Waals surface area contributed by atoms with Crippen LogP contribution < -0.4 is 5.32 Å². The van der Waals surface area contributed by atoms with Crippen molar-refractivity contribution in [1.29, 1.82) is 0 Å². The van der Waals surface area contributed by atoms with E-state index >= 15 is 0 Å². The number of rotatable bonds is 4. The minimum absolute atomic E-state index is 0.102. The number of halogens is 1. The summed E-state index contributed by atoms with van der Waals surface area (Å²) in [5, 5.41) is 4.09. The van der Waals surface area contributed by atoms with Gasteiger partial charge in [0, 0.05) is 18.2 Å². The molecule has 0 aromatic heterocycles. The largest absolute Gasteiger partial charge is 0.300 e. The fourth-order valence-corrected chi connectivity index (χ4v) is 2.45. The van der Waals surface area contributed by atoms with Gasteiger partial charge in [0.05, 0.1) is 5.88 Å². The second kappa shape index (κ2) is 5.27. The zero-order valence-electron chi connectivity index (χ0n) is 10.6. The molecule has 0 heterocycles. The first-order valence-electron chi connectivity index (χ1n) is 5.78. The number of fused-ring (bicyclic) bond motifs is 1. The van der Waals surface area contributed by atoms with E-state index in [0.717, 1.165) is 22.8 Å². The van der Waals surface area contributed by atoms with Crippen molar-refractivity contribution < 1.29 is 12.8 Å². The van der Waals surface area contributed by atoms with Gasteiger partial charge in [-0.1, -0.05) is 18.2 Å². The van der Waals surface area contributed by atoms with Crippen molar-refractivity contribution in [3.05, 3.63) is 54.2 Å². The van der Waals surface area contributed by atoms with Crippen molar-refractivity contribution in [2.24, 2.45) is 0 Å². The van der Waals surface area contributed by atoms with Gasteiger partial charge in [-0.05, 0) is 35.6 Å². The Morgan fingerprint density at radius 3 is 2.68 bits per heavy atom. The van der Waals surface area contributed by atoms with Crippen LogP contribution in [0.4, 0.5) is 4.39 Å². The number of sulfone groups is 1. The van der Waals surface area contributed by atoms with Crippen LogP contribution >= 0.6 is 0 Å². The quantitative estimate of drug-likeness (QED) is 0.934. The molecule has 0 aliphatic rings. The summed E-state index contributed by atoms with van der Waals surface area (Å²) < 4.78 is 35.8. The van der Waals surface area contributed by atoms with Crippen LogP contribution in [-0.2, 0) is 16.4 Å². The Morgan fingerprint density at radius 1 is 1.26 bits per heavy atom. The molecule has 1 radical (unpaired) electrons. The van der Waals surface area contributed by atoms with Crippen molar-refractivity contribution in [2.45, 2.75) is 6.54 Å². The van der Waals surface area contributed by atoms with E-state index in [2.05, 4.69) is 12.2 Å². The molecular weight excluding hydrogens is 265 g/mol. The maximum atomic E-state index is 13.7. The fourth-order valence-electron chi connectivity index (χ4n) is 1.98. The Balaban J connectivity index is 2.28. The van der Waals surface area contributed by atoms with Gasteiger partial charge in [0.1, 0.15) is 5.82 Å². The highest BCUT2D eigenvalue weighted by molar-refractivity contribution is 7.90. The lowest BCUT2D eigenvalue weighted by atomic mass is 10.0. The summed E-state index contributed by atoms with van der Waals surface area (Å²) in [6.07, 6.45) is 1.16. The molecule has 0 bridgehead atoms. The predicted octanol–water partition coefficient (Wildman–Crippen LogP) is 2.25. The van der Waals surface area contributed by atoms with E-state index in [-0.39, 0.29) is 11.7 Å². The Kier molecular flexibility index (Phi) is 3.87. The van der Waals surface area contributed by atoms with Crippen molar-refractivity contribution in [3.63, 3.8) is 0 Å². The average molecular weight is 280 g/mol. The average Bonchev–Trinajstić information content (AvgIpc) is 2.29. The lowest BCUT2D eigenvalue weighted by Gasteiger charge is -2.09. The van der Waals surface area contributed by atoms with Gasteiger partial charge < -0.3 is 0 Å². The van der Waals surface area contributed by atoms with E-state index < -0.39 is 9.84 Å². The van der Waals surface area contributed by atoms with E-state index in [0.29, 0.717) is 11.9 Å². The van der Waals surface area contributed by atoms with Crippen LogP contribution in [0, 0.1) is 12.7 Å². The van der Waals surface area contributed by atoms with Crippen molar-refractivity contribution in [3.8, 4) is 0 Å². The number of nitrogens with one attached hydrogen (secondary N) is 1. The molecule has 2 rings (SSSR count). The second-order valence-electron chi connectivity index (χ2n) is 4.59. The van der Waals surface area contributed by atoms with Crippen LogP contribution in [0.25, 0.3) is 10.8 Å². The highest BCUT2D eigenvalue weighted by Gasteiger charge is 2.06. The standard InChI is InChI=1S/C14H15FNO2S/c1-10-6-11(8-16-9-19(2,17)18)7-13-12(10)4-3-5-14(13)15/h3-7,16H,1,8-9H2,2H3. The summed E-state index contributed by atoms with van der Waals surface area (Å²) in [7, 11) is -3.06. The number of benzene rings is 2. The molecule has 0 saturated heterocycles. The first-order chi connectivity index (χ1) is 8.87. The van der Waals surface area contributed by atoms with Crippen molar-refractivity contribution in [1.82, 2.24) is 5.32 Å². The predicted molar refractivity (Wildman–Crippen MR) is 74.9 cm³/mol. The highest BCUT2D eigenvalue weighted by atomic mass is 32.2. The maximum absolute atomic E-state index is 13.7. The Labute approximate surface area is 112 Å². The minimum atomic E-state index is -3.06. The fraction of sp³-hybridized carbons (Fsp3) is 0.214. The molecule has 0 unspecified atom stereocenters. The molecular formula is C14H15FNO2S. The molecule has 2 aromatic rings. The van der Waals surface area contributed by atoms with Crippen molar-refractivity contribution >= 4 is 20.6 Å². The zero-order chi connectivity index (χ0) is 14.0. The summed E-state index contributed by atoms with van der Waals surface area (Å²) >= 11 is 0. The second-order valence-corrected chi connectivity index (χ2v) is 6.73. The van der Waals surface area contributed by atoms with Crippen LogP contribution in [0.1, 0.15) is 11.1 Å². The zero-order valence-corrected chi connectivity index (χ0v) is 11.4. The summed E-state index contributed by atoms with van der Waals surface area (Å²) in [6, 6.07) is 8.41. The topological polar surface area (TPSA) is 46.2 Å². The molecule has 19 heavy (non-hydrogen) atoms. The summed E-state index contributed by atoms with van der Waals surface area (Å²) in [5.74, 6) is -0.401. The van der Waals surface area contributed by atoms with E-state index in [1.165, 1.54) is 6.07 Å². The van der Waals surface area contributed by atoms with Crippen LogP contribution in [-0.4, -0.2) is 20.6 Å². The smallest absolute Gasteiger partial charge is 0.160 e. The van der Waals surface area contributed by atoms with E-state index in [1.807, 2.05) is 12.1 Å². The monoisotopic (exact) mass is 280 g/mol. The summed E-state index contributed by atoms with van der Waals surface area (Å²) in [4.78, 5) is 0. The molecule has 0 aliphatic carbocycles. The molecule has 0 fully saturated rings. The third-order valence-corrected chi connectivity index (χ3v) is 3.51. The van der Waals surface area contributed by atoms with Gasteiger partial charge in [-0.2, -0.15) is 0 Å². The molecule has 2 aromatic carbocycles. The van der Waals surface area contributed by atoms with Gasteiger partial charge in [-0.25, -0.2) is 12.8 Å². The van der Waals surface area contributed by atoms with E-state index in [9.17, 15) is 12.8 Å². The third kappa shape index (κ3) is 3.52. The molecule has 0 amide bonds.